The van der Waals surface area contributed by atoms with E-state index in [0.29, 0.717) is 61.6 Å². The van der Waals surface area contributed by atoms with Crippen LogP contribution in [0.2, 0.25) is 0 Å². The first-order valence-corrected chi connectivity index (χ1v) is 36.8. The van der Waals surface area contributed by atoms with Gasteiger partial charge in [-0.15, -0.1) is 0 Å². The number of Topliss-reactive ketones (excluding diaryl/α,β-unsaturated/α-hetero) is 2. The van der Waals surface area contributed by atoms with Gasteiger partial charge >= 0.3 is 30.3 Å². The van der Waals surface area contributed by atoms with Crippen molar-refractivity contribution < 1.29 is 67.5 Å². The molecule has 0 unspecified atom stereocenters. The number of carbonyl (C=O) groups is 8. The third-order valence-corrected chi connectivity index (χ3v) is 17.6. The summed E-state index contributed by atoms with van der Waals surface area (Å²) in [5.41, 5.74) is 28.0. The van der Waals surface area contributed by atoms with Crippen molar-refractivity contribution in [3.05, 3.63) is 107 Å². The molecule has 0 aromatic heterocycles. The molecule has 5 aliphatic rings. The van der Waals surface area contributed by atoms with Crippen LogP contribution < -0.4 is 22.9 Å². The molecule has 27 heteroatoms. The topological polar surface area (TPSA) is 343 Å². The first kappa shape index (κ1) is 85.4. The van der Waals surface area contributed by atoms with Gasteiger partial charge in [0.15, 0.2) is 11.6 Å². The van der Waals surface area contributed by atoms with E-state index < -0.39 is 70.7 Å². The molecule has 10 N–H and O–H groups in total. The lowest BCUT2D eigenvalue weighted by atomic mass is 9.94. The number of anilines is 4. The fourth-order valence-electron chi connectivity index (χ4n) is 11.1. The summed E-state index contributed by atoms with van der Waals surface area (Å²) < 4.78 is 25.4. The monoisotopic (exact) mass is 1650 g/mol. The first-order valence-electron chi connectivity index (χ1n) is 33.6. The van der Waals surface area contributed by atoms with E-state index in [1.165, 1.54) is 10.5 Å². The number of fused-ring (bicyclic) bond motifs is 1. The number of carboxylic acid groups (broad SMARTS) is 2. The van der Waals surface area contributed by atoms with Crippen molar-refractivity contribution in [2.24, 2.45) is 4.99 Å². The number of nitrogen functional groups attached to an aromatic ring is 4. The average Bonchev–Trinajstić information content (AvgIpc) is 1.56. The Morgan fingerprint density at radius 1 is 0.440 bits per heavy atom. The van der Waals surface area contributed by atoms with E-state index >= 15 is 0 Å². The normalized spacial score (nSPS) is 18.2. The lowest BCUT2D eigenvalue weighted by molar-refractivity contribution is -0.144. The van der Waals surface area contributed by atoms with Gasteiger partial charge in [0.25, 0.3) is 5.97 Å². The molecule has 4 aromatic carbocycles. The van der Waals surface area contributed by atoms with Gasteiger partial charge in [0, 0.05) is 87.3 Å². The quantitative estimate of drug-likeness (QED) is 0.0705. The van der Waals surface area contributed by atoms with Crippen LogP contribution in [-0.4, -0.2) is 156 Å². The zero-order valence-corrected chi connectivity index (χ0v) is 66.4. The van der Waals surface area contributed by atoms with E-state index in [2.05, 4.69) is 69.8 Å². The highest BCUT2D eigenvalue weighted by Crippen LogP contribution is 2.35. The fourth-order valence-corrected chi connectivity index (χ4v) is 12.7. The summed E-state index contributed by atoms with van der Waals surface area (Å²) >= 11 is 13.5. The van der Waals surface area contributed by atoms with Crippen LogP contribution in [0.4, 0.5) is 47.6 Å². The van der Waals surface area contributed by atoms with E-state index in [1.54, 1.807) is 54.8 Å². The van der Waals surface area contributed by atoms with E-state index in [0.717, 1.165) is 118 Å². The van der Waals surface area contributed by atoms with Gasteiger partial charge in [-0.2, -0.15) is 0 Å². The molecule has 0 bridgehead atoms. The number of hydrogen-bond donors (Lipinski definition) is 6. The number of ketones is 2. The molecule has 0 aliphatic carbocycles. The second-order valence-corrected chi connectivity index (χ2v) is 32.6. The third kappa shape index (κ3) is 29.9. The van der Waals surface area contributed by atoms with Gasteiger partial charge in [0.05, 0.1) is 35.2 Å². The molecule has 0 spiro atoms. The van der Waals surface area contributed by atoms with Crippen LogP contribution in [0.5, 0.6) is 0 Å². The Balaban J connectivity index is 0.000000268. The van der Waals surface area contributed by atoms with Gasteiger partial charge in [-0.05, 0) is 237 Å². The molecule has 9 rings (SSSR count). The number of aliphatic carboxylic acids is 2. The van der Waals surface area contributed by atoms with Crippen LogP contribution in [-0.2, 0) is 57.4 Å². The van der Waals surface area contributed by atoms with E-state index in [-0.39, 0.29) is 36.5 Å². The summed E-state index contributed by atoms with van der Waals surface area (Å²) in [6.45, 7) is 25.4. The number of halogens is 4. The number of piperidine rings is 4. The SMILES string of the molecule is CC(=O)O.CC(C)(C)OC(=O)N1CCCC[C@H]1C(=O)Cc1cc(Br)ccc1N.CC(C)(C)OC(=O)N1CCCC[C@H]1C(=O)Cc1ccc(Br)cc1N.CC(C)(C)OC(=O)N1CCCC[C@H]1C(=O)O.CC(C)(C)OC(=O)N1CCCC[C@H]1C1=Nc2cc(Br)ccc2C1.Nc1ccc(Br)cc1N. The highest BCUT2D eigenvalue weighted by molar-refractivity contribution is 9.11. The Hall–Kier alpha value is -6.97. The Kier molecular flexibility index (Phi) is 33.2. The molecule has 5 aliphatic heterocycles. The van der Waals surface area contributed by atoms with Crippen LogP contribution in [0.1, 0.15) is 184 Å². The minimum atomic E-state index is -0.953. The summed E-state index contributed by atoms with van der Waals surface area (Å²) in [5, 5.41) is 16.4. The maximum atomic E-state index is 12.8. The second-order valence-electron chi connectivity index (χ2n) is 28.9. The molecule has 0 saturated carbocycles. The van der Waals surface area contributed by atoms with Crippen molar-refractivity contribution in [3.63, 3.8) is 0 Å². The number of rotatable bonds is 8. The molecule has 4 atom stereocenters. The van der Waals surface area contributed by atoms with Crippen molar-refractivity contribution >= 4 is 146 Å². The standard InChI is InChI=1S/2C18H25BrN2O3.C18H23BrN2O2.C11H19NO4.C6H7BrN2.C2H4O2/c1-18(2,3)24-17(23)21-9-5-4-6-15(21)16(22)11-12-10-13(19)7-8-14(12)20;1-18(2,3)24-17(23)21-9-5-4-6-15(21)16(22)10-12-7-8-13(19)11-14(12)20;1-18(2,3)23-17(22)21-9-5-4-6-16(21)15-10-12-7-8-13(19)11-14(12)20-15;1-11(2,3)16-10(15)12-7-5-4-6-8(12)9(13)14;7-4-1-2-5(8)6(9)3-4;1-2(3)4/h7-8,10,15H,4-6,9,11,20H2,1-3H3;7-8,11,15H,4-6,9-10,20H2,1-3H3;7-8,11,16H,4-6,9-10H2,1-3H3;8H,4-7H2,1-3H3,(H,13,14);1-3H,8-9H2;1H3,(H,3,4)/t2*15-;16-;8-;;/m0000../s1. The van der Waals surface area contributed by atoms with Gasteiger partial charge in [0.2, 0.25) is 0 Å². The van der Waals surface area contributed by atoms with E-state index in [1.807, 2.05) is 110 Å². The Bertz CT molecular complexity index is 3510. The maximum Gasteiger partial charge on any atom is 0.411 e. The molecular formula is C73H103Br4N9O14. The van der Waals surface area contributed by atoms with Crippen LogP contribution in [0.3, 0.4) is 0 Å². The Morgan fingerprint density at radius 2 is 0.790 bits per heavy atom. The molecule has 4 aromatic rings. The smallest absolute Gasteiger partial charge is 0.411 e. The molecule has 23 nitrogen and oxygen atoms in total. The zero-order chi connectivity index (χ0) is 75.2. The number of likely N-dealkylation sites (tertiary alicyclic amines) is 4. The van der Waals surface area contributed by atoms with Crippen LogP contribution >= 0.6 is 63.7 Å². The van der Waals surface area contributed by atoms with Gasteiger partial charge in [-0.25, -0.2) is 24.0 Å². The van der Waals surface area contributed by atoms with Gasteiger partial charge in [-0.3, -0.25) is 39.0 Å². The number of carbonyl (C=O) groups excluding carboxylic acids is 6. The molecule has 4 saturated heterocycles. The number of hydrogen-bond acceptors (Lipinski definition) is 17. The number of aliphatic imine (C=N–C) groups is 1. The molecule has 100 heavy (non-hydrogen) atoms. The summed E-state index contributed by atoms with van der Waals surface area (Å²) in [7, 11) is 0. The summed E-state index contributed by atoms with van der Waals surface area (Å²) in [6, 6.07) is 21.0. The zero-order valence-electron chi connectivity index (χ0n) is 60.0. The minimum absolute atomic E-state index is 0.00496. The van der Waals surface area contributed by atoms with E-state index in [4.69, 9.17) is 61.9 Å². The van der Waals surface area contributed by atoms with E-state index in [9.17, 15) is 33.6 Å². The second kappa shape index (κ2) is 38.9. The number of ether oxygens (including phenoxy) is 4. The number of nitrogens with zero attached hydrogens (tertiary/aromatic N) is 5. The fraction of sp³-hybridized carbons (Fsp3) is 0.548. The largest absolute Gasteiger partial charge is 0.481 e. The number of nitrogens with two attached hydrogens (primary N) is 4. The van der Waals surface area contributed by atoms with Crippen molar-refractivity contribution in [1.82, 2.24) is 19.6 Å². The van der Waals surface area contributed by atoms with Crippen molar-refractivity contribution in [3.8, 4) is 0 Å². The summed E-state index contributed by atoms with van der Waals surface area (Å²) in [5.74, 6) is -1.77. The van der Waals surface area contributed by atoms with Crippen molar-refractivity contribution in [2.45, 2.75) is 233 Å². The molecule has 4 amide bonds. The summed E-state index contributed by atoms with van der Waals surface area (Å²) in [4.78, 5) is 106. The number of carboxylic acids is 2. The highest BCUT2D eigenvalue weighted by Gasteiger charge is 2.39. The average molecular weight is 1650 g/mol. The Morgan fingerprint density at radius 3 is 1.21 bits per heavy atom. The lowest BCUT2D eigenvalue weighted by Crippen LogP contribution is -2.50. The maximum absolute atomic E-state index is 12.8. The number of benzene rings is 4. The van der Waals surface area contributed by atoms with Crippen LogP contribution in [0, 0.1) is 0 Å². The van der Waals surface area contributed by atoms with Gasteiger partial charge in [0.1, 0.15) is 28.4 Å². The highest BCUT2D eigenvalue weighted by atomic mass is 79.9. The predicted molar refractivity (Wildman–Crippen MR) is 406 cm³/mol. The van der Waals surface area contributed by atoms with Crippen LogP contribution in [0.25, 0.3) is 0 Å². The third-order valence-electron chi connectivity index (χ3n) is 15.6. The Labute approximate surface area is 623 Å². The summed E-state index contributed by atoms with van der Waals surface area (Å²) in [6.07, 6.45) is 10.0. The van der Waals surface area contributed by atoms with Gasteiger partial charge < -0.3 is 52.1 Å². The molecule has 4 fully saturated rings. The van der Waals surface area contributed by atoms with Crippen molar-refractivity contribution in [1.29, 1.82) is 0 Å². The molecule has 552 valence electrons. The minimum Gasteiger partial charge on any atom is -0.481 e. The molecular weight excluding hydrogens is 1550 g/mol. The lowest BCUT2D eigenvalue weighted by Gasteiger charge is -2.36. The van der Waals surface area contributed by atoms with Crippen molar-refractivity contribution in [2.75, 3.05) is 49.1 Å². The predicted octanol–water partition coefficient (Wildman–Crippen LogP) is 16.3. The molecule has 0 radical (unpaired) electrons. The van der Waals surface area contributed by atoms with Gasteiger partial charge in [-0.1, -0.05) is 75.9 Å². The molecule has 5 heterocycles. The first-order chi connectivity index (χ1) is 46.4. The van der Waals surface area contributed by atoms with Crippen LogP contribution in [0.15, 0.2) is 95.7 Å². The number of amides is 4.